The molecule has 0 saturated carbocycles. The molecule has 0 unspecified atom stereocenters. The first kappa shape index (κ1) is 20.6. The van der Waals surface area contributed by atoms with Crippen molar-refractivity contribution in [3.05, 3.63) is 41.5 Å². The van der Waals surface area contributed by atoms with Gasteiger partial charge in [0.1, 0.15) is 17.6 Å². The maximum atomic E-state index is 11.5. The molecular formula is C15H13NaO9S. The number of benzene rings is 2. The molecule has 134 valence electrons. The molecular weight excluding hydrogens is 379 g/mol. The minimum atomic E-state index is -4.86. The van der Waals surface area contributed by atoms with Crippen LogP contribution in [0.15, 0.2) is 30.3 Å². The van der Waals surface area contributed by atoms with Gasteiger partial charge in [0, 0.05) is 12.0 Å². The zero-order chi connectivity index (χ0) is 18.4. The number of aromatic hydroxyl groups is 2. The standard InChI is InChI=1S/C15H14O9S.Na/c16-8-4-11(18)9-6-12(19)15(23-13(9)5-8)7-1-2-10(17)14(3-7)24-25(20,21)22;/h1-5,12,15-19H,6H2,(H,20,21,22);/q;+1/p-1/t12-,15-;/m1./s1. The van der Waals surface area contributed by atoms with E-state index in [-0.39, 0.29) is 58.6 Å². The van der Waals surface area contributed by atoms with E-state index in [0.29, 0.717) is 0 Å². The van der Waals surface area contributed by atoms with Gasteiger partial charge in [-0.2, -0.15) is 8.42 Å². The minimum Gasteiger partial charge on any atom is -0.872 e. The van der Waals surface area contributed by atoms with Crippen LogP contribution in [0.1, 0.15) is 17.2 Å². The SMILES string of the molecule is O=S(=O)(O)Oc1cc([C@H]2Oc3cc([O-])cc(O)c3C[C@H]2O)ccc1O.[Na+]. The van der Waals surface area contributed by atoms with E-state index >= 15 is 0 Å². The molecule has 2 aromatic carbocycles. The summed E-state index contributed by atoms with van der Waals surface area (Å²) in [6.45, 7) is 0. The van der Waals surface area contributed by atoms with E-state index in [9.17, 15) is 28.8 Å². The number of aliphatic hydroxyl groups is 1. The molecule has 0 radical (unpaired) electrons. The van der Waals surface area contributed by atoms with Gasteiger partial charge in [-0.25, -0.2) is 0 Å². The number of rotatable bonds is 3. The first-order chi connectivity index (χ1) is 11.6. The van der Waals surface area contributed by atoms with Crippen LogP contribution in [0.4, 0.5) is 0 Å². The Kier molecular flexibility index (Phi) is 5.95. The van der Waals surface area contributed by atoms with Gasteiger partial charge >= 0.3 is 40.0 Å². The number of fused-ring (bicyclic) bond motifs is 1. The van der Waals surface area contributed by atoms with Crippen LogP contribution in [0.5, 0.6) is 28.7 Å². The molecule has 2 atom stereocenters. The van der Waals surface area contributed by atoms with Crippen molar-refractivity contribution in [3.8, 4) is 28.7 Å². The molecule has 1 aliphatic heterocycles. The maximum absolute atomic E-state index is 11.5. The topological polar surface area (TPSA) is 157 Å². The maximum Gasteiger partial charge on any atom is 1.00 e. The average molecular weight is 392 g/mol. The van der Waals surface area contributed by atoms with E-state index < -0.39 is 39.9 Å². The Hall–Kier alpha value is -1.69. The van der Waals surface area contributed by atoms with Crippen molar-refractivity contribution in [2.75, 3.05) is 0 Å². The molecule has 11 heteroatoms. The molecule has 1 aliphatic rings. The zero-order valence-corrected chi connectivity index (χ0v) is 16.3. The molecule has 3 rings (SSSR count). The van der Waals surface area contributed by atoms with Gasteiger partial charge in [0.15, 0.2) is 11.5 Å². The Balaban J connectivity index is 0.00000243. The van der Waals surface area contributed by atoms with Gasteiger partial charge in [-0.05, 0) is 29.8 Å². The van der Waals surface area contributed by atoms with Crippen LogP contribution in [0, 0.1) is 0 Å². The number of hydrogen-bond acceptors (Lipinski definition) is 8. The summed E-state index contributed by atoms with van der Waals surface area (Å²) in [5.41, 5.74) is 0.502. The second-order valence-electron chi connectivity index (χ2n) is 5.47. The minimum absolute atomic E-state index is 0. The Bertz CT molecular complexity index is 929. The van der Waals surface area contributed by atoms with Crippen molar-refractivity contribution in [2.24, 2.45) is 0 Å². The quantitative estimate of drug-likeness (QED) is 0.325. The van der Waals surface area contributed by atoms with E-state index in [0.717, 1.165) is 24.3 Å². The van der Waals surface area contributed by atoms with Crippen molar-refractivity contribution in [3.63, 3.8) is 0 Å². The summed E-state index contributed by atoms with van der Waals surface area (Å²) in [5, 5.41) is 41.2. The van der Waals surface area contributed by atoms with E-state index in [1.54, 1.807) is 0 Å². The molecule has 0 spiro atoms. The van der Waals surface area contributed by atoms with Crippen LogP contribution >= 0.6 is 0 Å². The molecule has 0 amide bonds. The normalized spacial score (nSPS) is 19.0. The number of phenolic OH excluding ortho intramolecular Hbond substituents is 2. The van der Waals surface area contributed by atoms with Gasteiger partial charge in [-0.1, -0.05) is 6.07 Å². The molecule has 1 heterocycles. The summed E-state index contributed by atoms with van der Waals surface area (Å²) in [7, 11) is -4.86. The summed E-state index contributed by atoms with van der Waals surface area (Å²) >= 11 is 0. The van der Waals surface area contributed by atoms with Crippen LogP contribution in [-0.4, -0.2) is 34.4 Å². The third-order valence-electron chi connectivity index (χ3n) is 3.68. The second-order valence-corrected chi connectivity index (χ2v) is 6.49. The number of phenols is 2. The Morgan fingerprint density at radius 2 is 1.85 bits per heavy atom. The van der Waals surface area contributed by atoms with Crippen LogP contribution < -0.4 is 43.6 Å². The fourth-order valence-corrected chi connectivity index (χ4v) is 2.99. The van der Waals surface area contributed by atoms with Crippen LogP contribution in [0.3, 0.4) is 0 Å². The zero-order valence-electron chi connectivity index (χ0n) is 13.5. The van der Waals surface area contributed by atoms with E-state index in [4.69, 9.17) is 9.29 Å². The smallest absolute Gasteiger partial charge is 0.872 e. The number of ether oxygens (including phenoxy) is 1. The van der Waals surface area contributed by atoms with Crippen LogP contribution in [-0.2, 0) is 16.8 Å². The predicted octanol–water partition coefficient (Wildman–Crippen LogP) is -2.61. The van der Waals surface area contributed by atoms with Crippen molar-refractivity contribution >= 4 is 10.4 Å². The summed E-state index contributed by atoms with van der Waals surface area (Å²) in [4.78, 5) is 0. The largest absolute Gasteiger partial charge is 1.00 e. The van der Waals surface area contributed by atoms with Crippen molar-refractivity contribution in [1.82, 2.24) is 0 Å². The van der Waals surface area contributed by atoms with Gasteiger partial charge in [-0.15, -0.1) is 5.75 Å². The van der Waals surface area contributed by atoms with E-state index in [1.165, 1.54) is 6.07 Å². The Morgan fingerprint density at radius 1 is 1.15 bits per heavy atom. The monoisotopic (exact) mass is 392 g/mol. The van der Waals surface area contributed by atoms with Crippen LogP contribution in [0.25, 0.3) is 0 Å². The first-order valence-corrected chi connectivity index (χ1v) is 8.38. The summed E-state index contributed by atoms with van der Waals surface area (Å²) in [6.07, 6.45) is -2.15. The Morgan fingerprint density at radius 3 is 2.50 bits per heavy atom. The van der Waals surface area contributed by atoms with E-state index in [2.05, 4.69) is 4.18 Å². The summed E-state index contributed by atoms with van der Waals surface area (Å²) in [6, 6.07) is 5.69. The van der Waals surface area contributed by atoms with Gasteiger partial charge in [0.25, 0.3) is 0 Å². The fourth-order valence-electron chi connectivity index (χ4n) is 2.63. The molecule has 0 fully saturated rings. The molecule has 4 N–H and O–H groups in total. The molecule has 2 aromatic rings. The molecule has 0 saturated heterocycles. The molecule has 0 aromatic heterocycles. The molecule has 26 heavy (non-hydrogen) atoms. The van der Waals surface area contributed by atoms with E-state index in [1.807, 2.05) is 0 Å². The third kappa shape index (κ3) is 4.34. The molecule has 0 aliphatic carbocycles. The van der Waals surface area contributed by atoms with Gasteiger partial charge in [0.05, 0.1) is 6.10 Å². The third-order valence-corrected chi connectivity index (χ3v) is 4.07. The van der Waals surface area contributed by atoms with Gasteiger partial charge in [0.2, 0.25) is 0 Å². The average Bonchev–Trinajstić information content (AvgIpc) is 2.48. The predicted molar refractivity (Wildman–Crippen MR) is 80.9 cm³/mol. The molecule has 0 bridgehead atoms. The number of hydrogen-bond donors (Lipinski definition) is 4. The first-order valence-electron chi connectivity index (χ1n) is 7.01. The van der Waals surface area contributed by atoms with Crippen LogP contribution in [0.2, 0.25) is 0 Å². The summed E-state index contributed by atoms with van der Waals surface area (Å²) < 4.78 is 40.2. The fraction of sp³-hybridized carbons (Fsp3) is 0.200. The Labute approximate surface area is 170 Å². The summed E-state index contributed by atoms with van der Waals surface area (Å²) in [5.74, 6) is -1.78. The number of aliphatic hydroxyl groups excluding tert-OH is 1. The molecule has 9 nitrogen and oxygen atoms in total. The van der Waals surface area contributed by atoms with Gasteiger partial charge < -0.3 is 29.3 Å². The second kappa shape index (κ2) is 7.51. The van der Waals surface area contributed by atoms with Gasteiger partial charge in [-0.3, -0.25) is 4.55 Å². The van der Waals surface area contributed by atoms with Crippen molar-refractivity contribution < 1.29 is 71.9 Å². The van der Waals surface area contributed by atoms with Crippen molar-refractivity contribution in [1.29, 1.82) is 0 Å². The van der Waals surface area contributed by atoms with Crippen molar-refractivity contribution in [2.45, 2.75) is 18.6 Å².